The third-order valence-electron chi connectivity index (χ3n) is 9.58. The van der Waals surface area contributed by atoms with Gasteiger partial charge in [-0.3, -0.25) is 14.4 Å². The van der Waals surface area contributed by atoms with E-state index in [9.17, 15) is 24.6 Å². The average molecular weight is 704 g/mol. The van der Waals surface area contributed by atoms with Gasteiger partial charge in [0, 0.05) is 49.4 Å². The number of allylic oxidation sites excluding steroid dienone is 1. The van der Waals surface area contributed by atoms with Gasteiger partial charge in [-0.15, -0.1) is 0 Å². The van der Waals surface area contributed by atoms with Gasteiger partial charge in [0.2, 0.25) is 24.1 Å². The van der Waals surface area contributed by atoms with Gasteiger partial charge in [0.05, 0.1) is 25.3 Å². The fraction of sp³-hybridized carbons (Fsp3) is 0.333. The molecule has 0 saturated heterocycles. The normalized spacial score (nSPS) is 19.9. The smallest absolute Gasteiger partial charge is 0.231 e. The van der Waals surface area contributed by atoms with Crippen molar-refractivity contribution in [2.75, 3.05) is 27.6 Å². The van der Waals surface area contributed by atoms with E-state index >= 15 is 0 Å². The Labute approximate surface area is 291 Å². The first-order valence-electron chi connectivity index (χ1n) is 16.0. The molecular formula is C36H34ClN3O10. The van der Waals surface area contributed by atoms with Gasteiger partial charge >= 0.3 is 0 Å². The summed E-state index contributed by atoms with van der Waals surface area (Å²) in [6, 6.07) is 13.9. The number of imidazole rings is 1. The molecule has 3 aliphatic rings. The molecule has 0 bridgehead atoms. The number of carbonyl (C=O) groups is 3. The van der Waals surface area contributed by atoms with E-state index in [0.717, 1.165) is 11.0 Å². The number of benzene rings is 3. The lowest BCUT2D eigenvalue weighted by Crippen LogP contribution is -2.53. The number of ether oxygens (including phenoxy) is 5. The Hall–Kier alpha value is -5.27. The van der Waals surface area contributed by atoms with Crippen LogP contribution in [0.1, 0.15) is 47.4 Å². The van der Waals surface area contributed by atoms with E-state index in [1.807, 2.05) is 28.8 Å². The van der Waals surface area contributed by atoms with Crippen LogP contribution in [0.2, 0.25) is 5.02 Å². The predicted molar refractivity (Wildman–Crippen MR) is 179 cm³/mol. The molecule has 7 rings (SSSR count). The molecule has 0 radical (unpaired) electrons. The number of Topliss-reactive ketones (excluding diaryl/α,β-unsaturated/α-hetero) is 2. The van der Waals surface area contributed by atoms with E-state index in [0.29, 0.717) is 29.4 Å². The van der Waals surface area contributed by atoms with Crippen LogP contribution in [0.5, 0.6) is 28.7 Å². The Morgan fingerprint density at radius 3 is 2.64 bits per heavy atom. The first-order chi connectivity index (χ1) is 24.1. The number of amides is 1. The molecule has 3 atom stereocenters. The van der Waals surface area contributed by atoms with Crippen LogP contribution in [0.25, 0.3) is 11.0 Å². The largest absolute Gasteiger partial charge is 0.507 e. The van der Waals surface area contributed by atoms with Crippen molar-refractivity contribution in [3.8, 4) is 28.7 Å². The van der Waals surface area contributed by atoms with Crippen LogP contribution in [0.3, 0.4) is 0 Å². The topological polar surface area (TPSA) is 168 Å². The highest BCUT2D eigenvalue weighted by Gasteiger charge is 2.61. The molecule has 3 heterocycles. The summed E-state index contributed by atoms with van der Waals surface area (Å²) < 4.78 is 30.1. The zero-order valence-electron chi connectivity index (χ0n) is 27.4. The maximum absolute atomic E-state index is 14.4. The van der Waals surface area contributed by atoms with Crippen molar-refractivity contribution in [2.45, 2.75) is 44.4 Å². The maximum atomic E-state index is 14.4. The fourth-order valence-electron chi connectivity index (χ4n) is 7.12. The number of carbonyl (C=O) groups excluding carboxylic acids is 3. The summed E-state index contributed by atoms with van der Waals surface area (Å²) in [6.07, 6.45) is -0.442. The molecule has 3 N–H and O–H groups in total. The van der Waals surface area contributed by atoms with Gasteiger partial charge in [-0.25, -0.2) is 4.98 Å². The van der Waals surface area contributed by atoms with Crippen LogP contribution in [0, 0.1) is 5.92 Å². The van der Waals surface area contributed by atoms with Crippen LogP contribution >= 0.6 is 11.6 Å². The molecule has 3 unspecified atom stereocenters. The molecule has 0 saturated carbocycles. The quantitative estimate of drug-likeness (QED) is 0.210. The highest BCUT2D eigenvalue weighted by molar-refractivity contribution is 6.35. The van der Waals surface area contributed by atoms with Crippen molar-refractivity contribution in [1.29, 1.82) is 0 Å². The second-order valence-electron chi connectivity index (χ2n) is 12.3. The minimum Gasteiger partial charge on any atom is -0.507 e. The lowest BCUT2D eigenvalue weighted by atomic mass is 9.69. The number of hydrogen-bond acceptors (Lipinski definition) is 11. The number of aliphatic hydroxyl groups is 2. The highest BCUT2D eigenvalue weighted by Crippen LogP contribution is 2.56. The number of nitrogens with zero attached hydrogens (tertiary/aromatic N) is 2. The number of ketones is 2. The van der Waals surface area contributed by atoms with E-state index in [2.05, 4.69) is 10.3 Å². The number of fused-ring (bicyclic) bond motifs is 3. The van der Waals surface area contributed by atoms with Crippen molar-refractivity contribution in [3.63, 3.8) is 0 Å². The molecule has 0 fully saturated rings. The molecule has 1 aliphatic carbocycles. The molecule has 3 aromatic carbocycles. The second kappa shape index (κ2) is 12.9. The van der Waals surface area contributed by atoms with Crippen LogP contribution < -0.4 is 29.0 Å². The summed E-state index contributed by atoms with van der Waals surface area (Å²) in [7, 11) is 2.78. The van der Waals surface area contributed by atoms with E-state index in [4.69, 9.17) is 35.3 Å². The van der Waals surface area contributed by atoms with E-state index < -0.39 is 40.7 Å². The second-order valence-corrected chi connectivity index (χ2v) is 12.7. The van der Waals surface area contributed by atoms with Gasteiger partial charge in [0.25, 0.3) is 0 Å². The molecular weight excluding hydrogens is 670 g/mol. The van der Waals surface area contributed by atoms with Crippen molar-refractivity contribution < 1.29 is 48.3 Å². The van der Waals surface area contributed by atoms with Crippen molar-refractivity contribution in [3.05, 3.63) is 81.8 Å². The van der Waals surface area contributed by atoms with E-state index in [1.54, 1.807) is 25.1 Å². The number of methoxy groups -OCH3 is 2. The summed E-state index contributed by atoms with van der Waals surface area (Å²) in [5.74, 6) is -2.31. The number of nitrogens with one attached hydrogen (secondary N) is 1. The molecule has 2 aliphatic heterocycles. The van der Waals surface area contributed by atoms with Gasteiger partial charge in [0.15, 0.2) is 28.8 Å². The number of rotatable bonds is 10. The van der Waals surface area contributed by atoms with Crippen LogP contribution in [-0.2, 0) is 22.7 Å². The summed E-state index contributed by atoms with van der Waals surface area (Å²) in [4.78, 5) is 46.4. The zero-order chi connectivity index (χ0) is 35.3. The van der Waals surface area contributed by atoms with Gasteiger partial charge in [-0.2, -0.15) is 0 Å². The minimum absolute atomic E-state index is 0.00283. The Kier molecular flexibility index (Phi) is 8.56. The third-order valence-corrected chi connectivity index (χ3v) is 9.94. The number of halogens is 1. The number of aliphatic hydroxyl groups excluding tert-OH is 2. The first kappa shape index (κ1) is 33.2. The molecule has 4 aromatic rings. The maximum Gasteiger partial charge on any atom is 0.231 e. The van der Waals surface area contributed by atoms with Gasteiger partial charge in [0.1, 0.15) is 34.5 Å². The zero-order valence-corrected chi connectivity index (χ0v) is 28.2. The van der Waals surface area contributed by atoms with Crippen LogP contribution in [-0.4, -0.2) is 70.4 Å². The SMILES string of the molecule is COc1cc(OC)c2c(c1Cl)OC1(C2=O)C(O)=C(C(CC(=O)NCCn2c(CO)nc3ccccc32)c2ccc3c(c2)OCO3)C(=O)CC1C. The molecule has 1 amide bonds. The van der Waals surface area contributed by atoms with Gasteiger partial charge in [-0.1, -0.05) is 36.7 Å². The number of hydrogen-bond donors (Lipinski definition) is 3. The summed E-state index contributed by atoms with van der Waals surface area (Å²) >= 11 is 6.61. The van der Waals surface area contributed by atoms with E-state index in [1.165, 1.54) is 20.3 Å². The third kappa shape index (κ3) is 5.19. The van der Waals surface area contributed by atoms with Gasteiger partial charge < -0.3 is 43.8 Å². The predicted octanol–water partition coefficient (Wildman–Crippen LogP) is 4.65. The average Bonchev–Trinajstić information content (AvgIpc) is 3.82. The fourth-order valence-corrected chi connectivity index (χ4v) is 7.38. The Morgan fingerprint density at radius 1 is 1.12 bits per heavy atom. The summed E-state index contributed by atoms with van der Waals surface area (Å²) in [5, 5.41) is 24.9. The summed E-state index contributed by atoms with van der Waals surface area (Å²) in [6.45, 7) is 1.85. The molecule has 1 spiro atoms. The molecule has 50 heavy (non-hydrogen) atoms. The Balaban J connectivity index is 1.25. The monoisotopic (exact) mass is 703 g/mol. The minimum atomic E-state index is -2.02. The van der Waals surface area contributed by atoms with Crippen molar-refractivity contribution in [2.24, 2.45) is 5.92 Å². The highest BCUT2D eigenvalue weighted by atomic mass is 35.5. The first-order valence-corrected chi connectivity index (χ1v) is 16.4. The van der Waals surface area contributed by atoms with Crippen molar-refractivity contribution in [1.82, 2.24) is 14.9 Å². The Morgan fingerprint density at radius 2 is 1.88 bits per heavy atom. The molecule has 260 valence electrons. The summed E-state index contributed by atoms with van der Waals surface area (Å²) in [5.41, 5.74) is -0.144. The lowest BCUT2D eigenvalue weighted by Gasteiger charge is -2.38. The van der Waals surface area contributed by atoms with Crippen LogP contribution in [0.4, 0.5) is 0 Å². The van der Waals surface area contributed by atoms with Crippen molar-refractivity contribution >= 4 is 40.1 Å². The molecule has 14 heteroatoms. The van der Waals surface area contributed by atoms with Crippen LogP contribution in [0.15, 0.2) is 59.9 Å². The van der Waals surface area contributed by atoms with Gasteiger partial charge in [-0.05, 0) is 29.8 Å². The lowest BCUT2D eigenvalue weighted by molar-refractivity contribution is -0.121. The molecule has 13 nitrogen and oxygen atoms in total. The Bertz CT molecular complexity index is 2090. The van der Waals surface area contributed by atoms with E-state index in [-0.39, 0.29) is 66.2 Å². The standard InChI is InChI=1S/C36H34ClN3O10/c1-18-12-23(42)30(34(44)36(18)35(45)31-26(46-2)15-27(47-3)32(37)33(31)50-36)20(19-8-9-24-25(13-19)49-17-48-24)14-29(43)38-10-11-40-22-7-5-4-6-21(22)39-28(40)16-41/h4-9,13,15,18,20,41,44H,10-12,14,16-17H2,1-3H3,(H,38,43). The molecule has 1 aromatic heterocycles. The number of aromatic nitrogens is 2. The number of para-hydroxylation sites is 2.